The lowest BCUT2D eigenvalue weighted by molar-refractivity contribution is -0.149. The third-order valence-electron chi connectivity index (χ3n) is 4.26. The molecule has 1 aliphatic carbocycles. The van der Waals surface area contributed by atoms with Gasteiger partial charge in [-0.05, 0) is 31.6 Å². The second-order valence-electron chi connectivity index (χ2n) is 5.81. The first kappa shape index (κ1) is 17.9. The van der Waals surface area contributed by atoms with E-state index in [1.54, 1.807) is 0 Å². The number of rotatable bonds is 6. The molecule has 0 bridgehead atoms. The highest BCUT2D eigenvalue weighted by molar-refractivity contribution is 7.88. The van der Waals surface area contributed by atoms with Crippen LogP contribution in [0.15, 0.2) is 0 Å². The fourth-order valence-electron chi connectivity index (χ4n) is 2.60. The van der Waals surface area contributed by atoms with Crippen molar-refractivity contribution in [1.29, 1.82) is 0 Å². The minimum Gasteiger partial charge on any atom is -0.480 e. The van der Waals surface area contributed by atoms with Crippen molar-refractivity contribution >= 4 is 21.9 Å². The van der Waals surface area contributed by atoms with Crippen LogP contribution < -0.4 is 5.32 Å². The van der Waals surface area contributed by atoms with E-state index in [1.165, 1.54) is 7.05 Å². The molecule has 0 heterocycles. The van der Waals surface area contributed by atoms with Gasteiger partial charge < -0.3 is 10.4 Å². The Labute approximate surface area is 125 Å². The van der Waals surface area contributed by atoms with Crippen LogP contribution in [-0.4, -0.2) is 55.1 Å². The smallest absolute Gasteiger partial charge is 0.329 e. The van der Waals surface area contributed by atoms with Gasteiger partial charge in [-0.1, -0.05) is 13.3 Å². The molecule has 1 aliphatic rings. The molecule has 1 fully saturated rings. The van der Waals surface area contributed by atoms with E-state index in [0.717, 1.165) is 29.8 Å². The predicted octanol–water partition coefficient (Wildman–Crippen LogP) is 0.418. The van der Waals surface area contributed by atoms with Crippen molar-refractivity contribution in [2.75, 3.05) is 19.8 Å². The summed E-state index contributed by atoms with van der Waals surface area (Å²) in [6.45, 7) is 1.70. The molecule has 7 nitrogen and oxygen atoms in total. The molecule has 1 rings (SSSR count). The van der Waals surface area contributed by atoms with Crippen LogP contribution in [0.25, 0.3) is 0 Å². The summed E-state index contributed by atoms with van der Waals surface area (Å²) in [6, 6.07) is 0. The lowest BCUT2D eigenvalue weighted by Gasteiger charge is -2.37. The first-order valence-electron chi connectivity index (χ1n) is 7.06. The fourth-order valence-corrected chi connectivity index (χ4v) is 2.95. The summed E-state index contributed by atoms with van der Waals surface area (Å²) in [5.41, 5.74) is -1.26. The second-order valence-corrected chi connectivity index (χ2v) is 7.90. The summed E-state index contributed by atoms with van der Waals surface area (Å²) in [4.78, 5) is 23.5. The van der Waals surface area contributed by atoms with Gasteiger partial charge in [-0.2, -0.15) is 4.31 Å². The maximum absolute atomic E-state index is 11.9. The third kappa shape index (κ3) is 4.67. The van der Waals surface area contributed by atoms with Gasteiger partial charge in [0.15, 0.2) is 0 Å². The molecule has 0 atom stereocenters. The molecule has 0 aliphatic heterocycles. The highest BCUT2D eigenvalue weighted by atomic mass is 32.2. The molecule has 1 amide bonds. The summed E-state index contributed by atoms with van der Waals surface area (Å²) >= 11 is 0. The van der Waals surface area contributed by atoms with Crippen LogP contribution >= 0.6 is 0 Å². The SMILES string of the molecule is CCC1CCC(NC(=O)CN(C)S(C)(=O)=O)(C(=O)O)CC1. The average molecular weight is 320 g/mol. The van der Waals surface area contributed by atoms with Gasteiger partial charge in [0.05, 0.1) is 12.8 Å². The average Bonchev–Trinajstić information content (AvgIpc) is 2.38. The van der Waals surface area contributed by atoms with Gasteiger partial charge in [-0.15, -0.1) is 0 Å². The van der Waals surface area contributed by atoms with Crippen molar-refractivity contribution in [2.45, 2.75) is 44.6 Å². The normalized spacial score (nSPS) is 26.6. The maximum atomic E-state index is 11.9. The summed E-state index contributed by atoms with van der Waals surface area (Å²) in [5, 5.41) is 12.0. The number of carbonyl (C=O) groups is 2. The van der Waals surface area contributed by atoms with Crippen molar-refractivity contribution in [3.63, 3.8) is 0 Å². The highest BCUT2D eigenvalue weighted by Gasteiger charge is 2.43. The summed E-state index contributed by atoms with van der Waals surface area (Å²) in [6.07, 6.45) is 4.28. The standard InChI is InChI=1S/C13H24N2O5S/c1-4-10-5-7-13(8-6-10,12(17)18)14-11(16)9-15(2)21(3,19)20/h10H,4-9H2,1-3H3,(H,14,16)(H,17,18). The van der Waals surface area contributed by atoms with Crippen molar-refractivity contribution in [3.05, 3.63) is 0 Å². The van der Waals surface area contributed by atoms with Gasteiger partial charge >= 0.3 is 5.97 Å². The molecule has 0 saturated heterocycles. The van der Waals surface area contributed by atoms with E-state index in [4.69, 9.17) is 0 Å². The van der Waals surface area contributed by atoms with Gasteiger partial charge in [-0.25, -0.2) is 13.2 Å². The van der Waals surface area contributed by atoms with E-state index in [9.17, 15) is 23.1 Å². The molecule has 0 aromatic rings. The summed E-state index contributed by atoms with van der Waals surface area (Å²) in [7, 11) is -2.18. The van der Waals surface area contributed by atoms with Gasteiger partial charge in [-0.3, -0.25) is 4.79 Å². The van der Waals surface area contributed by atoms with Crippen LogP contribution in [0, 0.1) is 5.92 Å². The first-order chi connectivity index (χ1) is 9.60. The minimum absolute atomic E-state index is 0.370. The van der Waals surface area contributed by atoms with Crippen molar-refractivity contribution in [2.24, 2.45) is 5.92 Å². The van der Waals surface area contributed by atoms with Crippen molar-refractivity contribution in [3.8, 4) is 0 Å². The Morgan fingerprint density at radius 1 is 1.33 bits per heavy atom. The molecule has 0 radical (unpaired) electrons. The molecule has 8 heteroatoms. The first-order valence-corrected chi connectivity index (χ1v) is 8.91. The largest absolute Gasteiger partial charge is 0.480 e. The Kier molecular flexibility index (Phi) is 5.75. The Bertz CT molecular complexity index is 495. The monoisotopic (exact) mass is 320 g/mol. The number of carboxylic acid groups (broad SMARTS) is 1. The lowest BCUT2D eigenvalue weighted by Crippen LogP contribution is -2.58. The predicted molar refractivity (Wildman–Crippen MR) is 78.2 cm³/mol. The molecule has 21 heavy (non-hydrogen) atoms. The number of carbonyl (C=O) groups excluding carboxylic acids is 1. The van der Waals surface area contributed by atoms with E-state index in [-0.39, 0.29) is 6.54 Å². The Balaban J connectivity index is 2.72. The van der Waals surface area contributed by atoms with E-state index >= 15 is 0 Å². The van der Waals surface area contributed by atoms with E-state index in [1.807, 2.05) is 0 Å². The van der Waals surface area contributed by atoms with Crippen molar-refractivity contribution in [1.82, 2.24) is 9.62 Å². The van der Waals surface area contributed by atoms with Gasteiger partial charge in [0.25, 0.3) is 0 Å². The molecule has 0 aromatic heterocycles. The number of nitrogens with zero attached hydrogens (tertiary/aromatic N) is 1. The maximum Gasteiger partial charge on any atom is 0.329 e. The minimum atomic E-state index is -3.47. The molecular weight excluding hydrogens is 296 g/mol. The number of carboxylic acids is 1. The number of likely N-dealkylation sites (N-methyl/N-ethyl adjacent to an activating group) is 1. The number of amides is 1. The van der Waals surface area contributed by atoms with Crippen molar-refractivity contribution < 1.29 is 23.1 Å². The molecule has 0 spiro atoms. The zero-order chi connectivity index (χ0) is 16.3. The van der Waals surface area contributed by atoms with Crippen LogP contribution in [0.3, 0.4) is 0 Å². The highest BCUT2D eigenvalue weighted by Crippen LogP contribution is 2.34. The molecule has 1 saturated carbocycles. The van der Waals surface area contributed by atoms with Crippen LogP contribution in [0.4, 0.5) is 0 Å². The van der Waals surface area contributed by atoms with Crippen LogP contribution in [0.1, 0.15) is 39.0 Å². The van der Waals surface area contributed by atoms with Crippen LogP contribution in [0.5, 0.6) is 0 Å². The number of nitrogens with one attached hydrogen (secondary N) is 1. The summed E-state index contributed by atoms with van der Waals surface area (Å²) in [5.74, 6) is -1.14. The number of sulfonamides is 1. The topological polar surface area (TPSA) is 104 Å². The summed E-state index contributed by atoms with van der Waals surface area (Å²) < 4.78 is 23.5. The number of hydrogen-bond donors (Lipinski definition) is 2. The van der Waals surface area contributed by atoms with Crippen LogP contribution in [0.2, 0.25) is 0 Å². The van der Waals surface area contributed by atoms with Gasteiger partial charge in [0.1, 0.15) is 5.54 Å². The Morgan fingerprint density at radius 2 is 1.86 bits per heavy atom. The van der Waals surface area contributed by atoms with E-state index < -0.39 is 27.4 Å². The fraction of sp³-hybridized carbons (Fsp3) is 0.846. The molecule has 2 N–H and O–H groups in total. The molecule has 122 valence electrons. The van der Waals surface area contributed by atoms with E-state index in [2.05, 4.69) is 12.2 Å². The molecule has 0 unspecified atom stereocenters. The number of aliphatic carboxylic acids is 1. The Morgan fingerprint density at radius 3 is 2.24 bits per heavy atom. The molecular formula is C13H24N2O5S. The van der Waals surface area contributed by atoms with Crippen LogP contribution in [-0.2, 0) is 19.6 Å². The zero-order valence-electron chi connectivity index (χ0n) is 12.8. The third-order valence-corrected chi connectivity index (χ3v) is 5.52. The molecule has 0 aromatic carbocycles. The quantitative estimate of drug-likeness (QED) is 0.738. The van der Waals surface area contributed by atoms with Gasteiger partial charge in [0, 0.05) is 7.05 Å². The lowest BCUT2D eigenvalue weighted by atomic mass is 9.75. The van der Waals surface area contributed by atoms with E-state index in [0.29, 0.717) is 18.8 Å². The second kappa shape index (κ2) is 6.74. The Hall–Kier alpha value is -1.15. The zero-order valence-corrected chi connectivity index (χ0v) is 13.6. The van der Waals surface area contributed by atoms with Gasteiger partial charge in [0.2, 0.25) is 15.9 Å². The number of hydrogen-bond acceptors (Lipinski definition) is 4.